The number of nitrogens with one attached hydrogen (secondary N) is 1. The van der Waals surface area contributed by atoms with Gasteiger partial charge in [0.25, 0.3) is 0 Å². The first-order valence-corrected chi connectivity index (χ1v) is 10.8. The number of rotatable bonds is 13. The number of piperidine rings is 1. The standard InChI is InChI=1S/C22H39N3O3/c1-4-24(5-2)14-11-23-16-19-9-10-21(27-3)22(15-19)28-18-20(26)17-25-12-7-6-8-13-25/h9-10,15,20,23,26H,4-8,11-14,16-18H2,1-3H3. The number of likely N-dealkylation sites (tertiary alicyclic amines) is 1. The Balaban J connectivity index is 1.80. The first kappa shape index (κ1) is 22.9. The lowest BCUT2D eigenvalue weighted by molar-refractivity contribution is 0.0608. The molecule has 1 unspecified atom stereocenters. The molecule has 0 spiro atoms. The first-order valence-electron chi connectivity index (χ1n) is 10.8. The van der Waals surface area contributed by atoms with Crippen LogP contribution in [-0.2, 0) is 6.54 Å². The van der Waals surface area contributed by atoms with Gasteiger partial charge in [0, 0.05) is 26.2 Å². The number of nitrogens with zero attached hydrogens (tertiary/aromatic N) is 2. The zero-order valence-corrected chi connectivity index (χ0v) is 18.0. The molecular formula is C22H39N3O3. The number of aliphatic hydroxyl groups excluding tert-OH is 1. The van der Waals surface area contributed by atoms with Gasteiger partial charge in [-0.25, -0.2) is 0 Å². The van der Waals surface area contributed by atoms with Crippen molar-refractivity contribution >= 4 is 0 Å². The van der Waals surface area contributed by atoms with E-state index in [1.54, 1.807) is 7.11 Å². The third-order valence-corrected chi connectivity index (χ3v) is 5.41. The molecule has 1 aliphatic heterocycles. The predicted molar refractivity (Wildman–Crippen MR) is 114 cm³/mol. The minimum atomic E-state index is -0.487. The molecule has 0 aliphatic carbocycles. The Morgan fingerprint density at radius 1 is 1.14 bits per heavy atom. The van der Waals surface area contributed by atoms with Gasteiger partial charge in [0.1, 0.15) is 12.7 Å². The molecule has 0 bridgehead atoms. The monoisotopic (exact) mass is 393 g/mol. The van der Waals surface area contributed by atoms with E-state index in [-0.39, 0.29) is 6.61 Å². The number of aliphatic hydroxyl groups is 1. The van der Waals surface area contributed by atoms with E-state index >= 15 is 0 Å². The van der Waals surface area contributed by atoms with Crippen LogP contribution in [-0.4, -0.2) is 80.5 Å². The van der Waals surface area contributed by atoms with Crippen LogP contribution in [0.1, 0.15) is 38.7 Å². The van der Waals surface area contributed by atoms with E-state index in [1.807, 2.05) is 12.1 Å². The Kier molecular flexibility index (Phi) is 10.6. The number of β-amino-alcohol motifs (C(OH)–C–C–N with tert-alkyl or cyclic N) is 1. The first-order chi connectivity index (χ1) is 13.7. The molecule has 1 aliphatic rings. The van der Waals surface area contributed by atoms with Gasteiger partial charge in [0.2, 0.25) is 0 Å². The lowest BCUT2D eigenvalue weighted by Gasteiger charge is -2.28. The molecule has 1 heterocycles. The molecule has 6 heteroatoms. The fraction of sp³-hybridized carbons (Fsp3) is 0.727. The van der Waals surface area contributed by atoms with Crippen molar-refractivity contribution in [2.45, 2.75) is 45.8 Å². The number of likely N-dealkylation sites (N-methyl/N-ethyl adjacent to an activating group) is 1. The highest BCUT2D eigenvalue weighted by atomic mass is 16.5. The molecule has 1 fully saturated rings. The summed E-state index contributed by atoms with van der Waals surface area (Å²) in [7, 11) is 1.65. The third kappa shape index (κ3) is 7.95. The van der Waals surface area contributed by atoms with Gasteiger partial charge >= 0.3 is 0 Å². The van der Waals surface area contributed by atoms with Gasteiger partial charge in [-0.15, -0.1) is 0 Å². The lowest BCUT2D eigenvalue weighted by atomic mass is 10.1. The number of ether oxygens (including phenoxy) is 2. The maximum absolute atomic E-state index is 10.3. The summed E-state index contributed by atoms with van der Waals surface area (Å²) in [5.41, 5.74) is 1.15. The summed E-state index contributed by atoms with van der Waals surface area (Å²) in [5.74, 6) is 1.40. The van der Waals surface area contributed by atoms with Gasteiger partial charge in [0.15, 0.2) is 11.5 Å². The quantitative estimate of drug-likeness (QED) is 0.502. The molecule has 1 aromatic rings. The molecule has 0 saturated carbocycles. The smallest absolute Gasteiger partial charge is 0.161 e. The Hall–Kier alpha value is -1.34. The third-order valence-electron chi connectivity index (χ3n) is 5.41. The molecule has 1 atom stereocenters. The highest BCUT2D eigenvalue weighted by Gasteiger charge is 2.16. The van der Waals surface area contributed by atoms with E-state index in [0.717, 1.165) is 51.4 Å². The van der Waals surface area contributed by atoms with Crippen LogP contribution >= 0.6 is 0 Å². The minimum Gasteiger partial charge on any atom is -0.493 e. The van der Waals surface area contributed by atoms with Crippen molar-refractivity contribution in [3.05, 3.63) is 23.8 Å². The molecule has 1 saturated heterocycles. The van der Waals surface area contributed by atoms with Crippen molar-refractivity contribution < 1.29 is 14.6 Å². The highest BCUT2D eigenvalue weighted by molar-refractivity contribution is 5.43. The SMILES string of the molecule is CCN(CC)CCNCc1ccc(OC)c(OCC(O)CN2CCCCC2)c1. The lowest BCUT2D eigenvalue weighted by Crippen LogP contribution is -2.38. The average molecular weight is 394 g/mol. The molecule has 6 nitrogen and oxygen atoms in total. The van der Waals surface area contributed by atoms with Crippen LogP contribution in [0, 0.1) is 0 Å². The van der Waals surface area contributed by atoms with Crippen molar-refractivity contribution in [2.75, 3.05) is 59.5 Å². The Bertz CT molecular complexity index is 546. The van der Waals surface area contributed by atoms with Gasteiger partial charge in [-0.3, -0.25) is 0 Å². The largest absolute Gasteiger partial charge is 0.493 e. The fourth-order valence-corrected chi connectivity index (χ4v) is 3.63. The van der Waals surface area contributed by atoms with Crippen molar-refractivity contribution in [1.82, 2.24) is 15.1 Å². The van der Waals surface area contributed by atoms with Gasteiger partial charge in [-0.1, -0.05) is 26.3 Å². The Morgan fingerprint density at radius 3 is 2.57 bits per heavy atom. The molecule has 0 amide bonds. The summed E-state index contributed by atoms with van der Waals surface area (Å²) in [4.78, 5) is 4.73. The van der Waals surface area contributed by atoms with Crippen LogP contribution in [0.2, 0.25) is 0 Å². The van der Waals surface area contributed by atoms with Crippen molar-refractivity contribution in [3.63, 3.8) is 0 Å². The van der Waals surface area contributed by atoms with E-state index in [4.69, 9.17) is 9.47 Å². The van der Waals surface area contributed by atoms with Crippen LogP contribution in [0.3, 0.4) is 0 Å². The topological polar surface area (TPSA) is 57.2 Å². The predicted octanol–water partition coefficient (Wildman–Crippen LogP) is 2.35. The molecule has 28 heavy (non-hydrogen) atoms. The summed E-state index contributed by atoms with van der Waals surface area (Å²) in [6.45, 7) is 12.5. The number of hydrogen-bond acceptors (Lipinski definition) is 6. The summed E-state index contributed by atoms with van der Waals surface area (Å²) in [5, 5.41) is 13.8. The molecule has 160 valence electrons. The van der Waals surface area contributed by atoms with Crippen molar-refractivity contribution in [2.24, 2.45) is 0 Å². The Labute approximate surface area is 170 Å². The highest BCUT2D eigenvalue weighted by Crippen LogP contribution is 2.28. The molecule has 2 N–H and O–H groups in total. The maximum Gasteiger partial charge on any atom is 0.161 e. The summed E-state index contributed by atoms with van der Waals surface area (Å²) in [6.07, 6.45) is 3.27. The van der Waals surface area contributed by atoms with Gasteiger partial charge in [0.05, 0.1) is 7.11 Å². The van der Waals surface area contributed by atoms with Crippen molar-refractivity contribution in [3.8, 4) is 11.5 Å². The maximum atomic E-state index is 10.3. The average Bonchev–Trinajstić information content (AvgIpc) is 2.73. The van der Waals surface area contributed by atoms with Crippen LogP contribution in [0.5, 0.6) is 11.5 Å². The molecule has 0 radical (unpaired) electrons. The van der Waals surface area contributed by atoms with E-state index in [2.05, 4.69) is 35.0 Å². The van der Waals surface area contributed by atoms with E-state index in [9.17, 15) is 5.11 Å². The van der Waals surface area contributed by atoms with Crippen LogP contribution in [0.4, 0.5) is 0 Å². The Morgan fingerprint density at radius 2 is 1.89 bits per heavy atom. The number of hydrogen-bond donors (Lipinski definition) is 2. The van der Waals surface area contributed by atoms with E-state index < -0.39 is 6.10 Å². The van der Waals surface area contributed by atoms with E-state index in [0.29, 0.717) is 18.0 Å². The second-order valence-corrected chi connectivity index (χ2v) is 7.51. The van der Waals surface area contributed by atoms with Gasteiger partial charge < -0.3 is 29.7 Å². The zero-order chi connectivity index (χ0) is 20.2. The fourth-order valence-electron chi connectivity index (χ4n) is 3.63. The second-order valence-electron chi connectivity index (χ2n) is 7.51. The normalized spacial score (nSPS) is 16.3. The molecule has 0 aromatic heterocycles. The minimum absolute atomic E-state index is 0.283. The van der Waals surface area contributed by atoms with Crippen LogP contribution < -0.4 is 14.8 Å². The van der Waals surface area contributed by atoms with Gasteiger partial charge in [-0.2, -0.15) is 0 Å². The second kappa shape index (κ2) is 13.0. The van der Waals surface area contributed by atoms with Crippen LogP contribution in [0.15, 0.2) is 18.2 Å². The van der Waals surface area contributed by atoms with Gasteiger partial charge in [-0.05, 0) is 56.7 Å². The summed E-state index contributed by atoms with van der Waals surface area (Å²) in [6, 6.07) is 6.00. The van der Waals surface area contributed by atoms with Crippen LogP contribution in [0.25, 0.3) is 0 Å². The molecule has 1 aromatic carbocycles. The number of benzene rings is 1. The summed E-state index contributed by atoms with van der Waals surface area (Å²) >= 11 is 0. The summed E-state index contributed by atoms with van der Waals surface area (Å²) < 4.78 is 11.3. The zero-order valence-electron chi connectivity index (χ0n) is 18.0. The van der Waals surface area contributed by atoms with E-state index in [1.165, 1.54) is 19.3 Å². The molecule has 2 rings (SSSR count). The number of methoxy groups -OCH3 is 1. The molecular weight excluding hydrogens is 354 g/mol. The van der Waals surface area contributed by atoms with Crippen molar-refractivity contribution in [1.29, 1.82) is 0 Å².